The second-order valence-electron chi connectivity index (χ2n) is 6.86. The van der Waals surface area contributed by atoms with Gasteiger partial charge in [0.15, 0.2) is 0 Å². The van der Waals surface area contributed by atoms with Gasteiger partial charge in [0.05, 0.1) is 24.7 Å². The Morgan fingerprint density at radius 2 is 1.91 bits per heavy atom. The molecule has 0 saturated carbocycles. The lowest BCUT2D eigenvalue weighted by Gasteiger charge is -2.11. The van der Waals surface area contributed by atoms with Gasteiger partial charge in [-0.05, 0) is 30.3 Å². The highest BCUT2D eigenvalue weighted by atomic mass is 19.4. The highest BCUT2D eigenvalue weighted by molar-refractivity contribution is 5.90. The number of ether oxygens (including phenoxy) is 1. The van der Waals surface area contributed by atoms with E-state index in [1.807, 2.05) is 40.9 Å². The number of urea groups is 1. The maximum atomic E-state index is 12.3. The van der Waals surface area contributed by atoms with Gasteiger partial charge in [0.2, 0.25) is 5.88 Å². The molecular weight excluding hydrogens is 423 g/mol. The highest BCUT2D eigenvalue weighted by Gasteiger charge is 2.27. The number of halogens is 3. The van der Waals surface area contributed by atoms with Gasteiger partial charge in [0.1, 0.15) is 12.2 Å². The second-order valence-corrected chi connectivity index (χ2v) is 6.86. The number of amides is 2. The molecule has 0 spiro atoms. The van der Waals surface area contributed by atoms with Gasteiger partial charge in [-0.15, -0.1) is 0 Å². The Labute approximate surface area is 180 Å². The van der Waals surface area contributed by atoms with E-state index in [4.69, 9.17) is 4.74 Å². The molecule has 4 aromatic rings. The van der Waals surface area contributed by atoms with Crippen LogP contribution in [0, 0.1) is 0 Å². The van der Waals surface area contributed by atoms with E-state index in [-0.39, 0.29) is 0 Å². The zero-order valence-corrected chi connectivity index (χ0v) is 16.8. The van der Waals surface area contributed by atoms with E-state index in [0.29, 0.717) is 17.2 Å². The number of hydrogen-bond acceptors (Lipinski definition) is 4. The summed E-state index contributed by atoms with van der Waals surface area (Å²) >= 11 is 0. The van der Waals surface area contributed by atoms with Crippen molar-refractivity contribution >= 4 is 17.4 Å². The predicted octanol–water partition coefficient (Wildman–Crippen LogP) is 4.76. The SMILES string of the molecule is COc1cccc(-c2ccn3c(-c4cccc(NC(=O)NCC(F)(F)F)c4)cnc3c2)n1. The van der Waals surface area contributed by atoms with E-state index < -0.39 is 18.8 Å². The van der Waals surface area contributed by atoms with Crippen LogP contribution in [-0.2, 0) is 0 Å². The van der Waals surface area contributed by atoms with Gasteiger partial charge in [-0.2, -0.15) is 13.2 Å². The maximum Gasteiger partial charge on any atom is 0.405 e. The van der Waals surface area contributed by atoms with Crippen LogP contribution >= 0.6 is 0 Å². The number of aromatic nitrogens is 3. The molecule has 2 N–H and O–H groups in total. The van der Waals surface area contributed by atoms with Gasteiger partial charge in [-0.25, -0.2) is 14.8 Å². The molecule has 0 fully saturated rings. The molecule has 2 amide bonds. The van der Waals surface area contributed by atoms with E-state index in [1.54, 1.807) is 42.9 Å². The van der Waals surface area contributed by atoms with Gasteiger partial charge in [0.25, 0.3) is 0 Å². The van der Waals surface area contributed by atoms with Crippen LogP contribution in [-0.4, -0.2) is 40.2 Å². The fourth-order valence-electron chi connectivity index (χ4n) is 3.15. The van der Waals surface area contributed by atoms with Crippen LogP contribution in [0.25, 0.3) is 28.2 Å². The largest absolute Gasteiger partial charge is 0.481 e. The fourth-order valence-corrected chi connectivity index (χ4v) is 3.15. The van der Waals surface area contributed by atoms with Gasteiger partial charge >= 0.3 is 12.2 Å². The molecule has 0 saturated heterocycles. The summed E-state index contributed by atoms with van der Waals surface area (Å²) in [6.45, 7) is -1.41. The van der Waals surface area contributed by atoms with Gasteiger partial charge in [-0.3, -0.25) is 4.40 Å². The third kappa shape index (κ3) is 4.80. The minimum Gasteiger partial charge on any atom is -0.481 e. The number of methoxy groups -OCH3 is 1. The molecule has 32 heavy (non-hydrogen) atoms. The maximum absolute atomic E-state index is 12.3. The number of hydrogen-bond donors (Lipinski definition) is 2. The highest BCUT2D eigenvalue weighted by Crippen LogP contribution is 2.27. The minimum absolute atomic E-state index is 0.356. The number of nitrogens with one attached hydrogen (secondary N) is 2. The van der Waals surface area contributed by atoms with E-state index in [0.717, 1.165) is 22.5 Å². The Hall–Kier alpha value is -4.08. The Kier molecular flexibility index (Phi) is 5.67. The van der Waals surface area contributed by atoms with Crippen molar-refractivity contribution in [3.05, 3.63) is 67.0 Å². The molecule has 0 bridgehead atoms. The van der Waals surface area contributed by atoms with Crippen molar-refractivity contribution in [1.29, 1.82) is 0 Å². The first-order valence-electron chi connectivity index (χ1n) is 9.53. The van der Waals surface area contributed by atoms with Crippen LogP contribution in [0.1, 0.15) is 0 Å². The van der Waals surface area contributed by atoms with Crippen molar-refractivity contribution in [3.8, 4) is 28.4 Å². The number of imidazole rings is 1. The summed E-state index contributed by atoms with van der Waals surface area (Å²) in [5, 5.41) is 4.18. The summed E-state index contributed by atoms with van der Waals surface area (Å²) in [5.41, 5.74) is 4.14. The molecule has 0 radical (unpaired) electrons. The number of carbonyl (C=O) groups excluding carboxylic acids is 1. The molecule has 1 aromatic carbocycles. The van der Waals surface area contributed by atoms with Crippen LogP contribution in [0.3, 0.4) is 0 Å². The van der Waals surface area contributed by atoms with Crippen molar-refractivity contribution in [2.45, 2.75) is 6.18 Å². The summed E-state index contributed by atoms with van der Waals surface area (Å²) in [4.78, 5) is 20.6. The Morgan fingerprint density at radius 3 is 2.69 bits per heavy atom. The van der Waals surface area contributed by atoms with Crippen LogP contribution in [0.5, 0.6) is 5.88 Å². The van der Waals surface area contributed by atoms with Crippen molar-refractivity contribution in [1.82, 2.24) is 19.7 Å². The smallest absolute Gasteiger partial charge is 0.405 e. The average molecular weight is 441 g/mol. The van der Waals surface area contributed by atoms with Gasteiger partial charge < -0.3 is 15.4 Å². The van der Waals surface area contributed by atoms with E-state index in [9.17, 15) is 18.0 Å². The Bertz CT molecular complexity index is 1270. The first-order chi connectivity index (χ1) is 15.3. The van der Waals surface area contributed by atoms with E-state index in [2.05, 4.69) is 15.3 Å². The molecule has 7 nitrogen and oxygen atoms in total. The number of fused-ring (bicyclic) bond motifs is 1. The third-order valence-electron chi connectivity index (χ3n) is 4.61. The summed E-state index contributed by atoms with van der Waals surface area (Å²) in [6, 6.07) is 15.1. The van der Waals surface area contributed by atoms with Crippen LogP contribution < -0.4 is 15.4 Å². The molecule has 0 aliphatic rings. The average Bonchev–Trinajstić information content (AvgIpc) is 3.21. The number of nitrogens with zero attached hydrogens (tertiary/aromatic N) is 3. The number of alkyl halides is 3. The summed E-state index contributed by atoms with van der Waals surface area (Å²) in [7, 11) is 1.55. The van der Waals surface area contributed by atoms with Crippen molar-refractivity contribution in [3.63, 3.8) is 0 Å². The molecule has 10 heteroatoms. The van der Waals surface area contributed by atoms with Crippen LogP contribution in [0.2, 0.25) is 0 Å². The lowest BCUT2D eigenvalue weighted by atomic mass is 10.1. The van der Waals surface area contributed by atoms with E-state index >= 15 is 0 Å². The normalized spacial score (nSPS) is 11.4. The Balaban J connectivity index is 1.57. The first-order valence-corrected chi connectivity index (χ1v) is 9.53. The number of anilines is 1. The van der Waals surface area contributed by atoms with Gasteiger partial charge in [0, 0.05) is 29.1 Å². The lowest BCUT2D eigenvalue weighted by molar-refractivity contribution is -0.122. The topological polar surface area (TPSA) is 80.5 Å². The van der Waals surface area contributed by atoms with Crippen LogP contribution in [0.4, 0.5) is 23.7 Å². The number of rotatable bonds is 5. The van der Waals surface area contributed by atoms with Gasteiger partial charge in [-0.1, -0.05) is 18.2 Å². The quantitative estimate of drug-likeness (QED) is 0.468. The summed E-state index contributed by atoms with van der Waals surface area (Å²) in [5.74, 6) is 0.509. The summed E-state index contributed by atoms with van der Waals surface area (Å²) < 4.78 is 43.8. The molecule has 3 heterocycles. The molecule has 4 rings (SSSR count). The number of pyridine rings is 2. The predicted molar refractivity (Wildman–Crippen MR) is 113 cm³/mol. The number of benzene rings is 1. The Morgan fingerprint density at radius 1 is 1.09 bits per heavy atom. The van der Waals surface area contributed by atoms with Crippen molar-refractivity contribution in [2.75, 3.05) is 19.0 Å². The minimum atomic E-state index is -4.48. The summed E-state index contributed by atoms with van der Waals surface area (Å²) in [6.07, 6.45) is -0.944. The lowest BCUT2D eigenvalue weighted by Crippen LogP contribution is -2.36. The fraction of sp³-hybridized carbons (Fsp3) is 0.136. The molecule has 0 unspecified atom stereocenters. The molecule has 0 aliphatic carbocycles. The standard InChI is InChI=1S/C22H18F3N5O2/c1-32-20-7-3-6-17(29-20)14-8-9-30-18(12-26-19(30)11-14)15-4-2-5-16(10-15)28-21(31)27-13-22(23,24)25/h2-12H,13H2,1H3,(H2,27,28,31). The third-order valence-corrected chi connectivity index (χ3v) is 4.61. The zero-order chi connectivity index (χ0) is 22.7. The number of carbonyl (C=O) groups is 1. The molecule has 164 valence electrons. The van der Waals surface area contributed by atoms with Crippen molar-refractivity contribution < 1.29 is 22.7 Å². The molecule has 0 atom stereocenters. The zero-order valence-electron chi connectivity index (χ0n) is 16.8. The van der Waals surface area contributed by atoms with Crippen LogP contribution in [0.15, 0.2) is 67.0 Å². The molecule has 0 aliphatic heterocycles. The molecular formula is C22H18F3N5O2. The van der Waals surface area contributed by atoms with E-state index in [1.165, 1.54) is 0 Å². The first kappa shape index (κ1) is 21.2. The second kappa shape index (κ2) is 8.58. The monoisotopic (exact) mass is 441 g/mol. The molecule has 3 aromatic heterocycles. The van der Waals surface area contributed by atoms with Crippen molar-refractivity contribution in [2.24, 2.45) is 0 Å².